The van der Waals surface area contributed by atoms with Crippen LogP contribution in [0.15, 0.2) is 23.1 Å². The number of hydrogen-bond donors (Lipinski definition) is 2. The number of fused-ring (bicyclic) bond motifs is 1. The Morgan fingerprint density at radius 1 is 1.47 bits per heavy atom. The molecule has 17 heavy (non-hydrogen) atoms. The summed E-state index contributed by atoms with van der Waals surface area (Å²) in [4.78, 5) is 13.2. The van der Waals surface area contributed by atoms with E-state index in [0.717, 1.165) is 0 Å². The van der Waals surface area contributed by atoms with Gasteiger partial charge in [0.15, 0.2) is 9.84 Å². The SMILES string of the molecule is CN1CCS(=O)(=O)c2ccc(C(=O)NO)cc21. The third kappa shape index (κ3) is 1.98. The first kappa shape index (κ1) is 11.9. The summed E-state index contributed by atoms with van der Waals surface area (Å²) in [5.74, 6) is -0.591. The first-order valence-corrected chi connectivity index (χ1v) is 6.63. The minimum atomic E-state index is -3.26. The Labute approximate surface area is 98.7 Å². The van der Waals surface area contributed by atoms with E-state index < -0.39 is 15.7 Å². The van der Waals surface area contributed by atoms with Gasteiger partial charge in [-0.25, -0.2) is 13.9 Å². The third-order valence-electron chi connectivity index (χ3n) is 2.76. The molecule has 1 amide bonds. The van der Waals surface area contributed by atoms with Gasteiger partial charge in [-0.1, -0.05) is 0 Å². The van der Waals surface area contributed by atoms with E-state index in [1.807, 2.05) is 0 Å². The quantitative estimate of drug-likeness (QED) is 0.547. The lowest BCUT2D eigenvalue weighted by Crippen LogP contribution is -2.32. The van der Waals surface area contributed by atoms with Gasteiger partial charge in [0.1, 0.15) is 0 Å². The molecule has 0 atom stereocenters. The van der Waals surface area contributed by atoms with E-state index in [4.69, 9.17) is 5.21 Å². The number of anilines is 1. The molecule has 0 radical (unpaired) electrons. The molecule has 0 saturated carbocycles. The predicted molar refractivity (Wildman–Crippen MR) is 61.0 cm³/mol. The van der Waals surface area contributed by atoms with Crippen LogP contribution < -0.4 is 10.4 Å². The van der Waals surface area contributed by atoms with E-state index in [0.29, 0.717) is 12.2 Å². The maximum atomic E-state index is 11.8. The van der Waals surface area contributed by atoms with Crippen LogP contribution in [-0.2, 0) is 9.84 Å². The molecule has 0 saturated heterocycles. The monoisotopic (exact) mass is 256 g/mol. The van der Waals surface area contributed by atoms with Gasteiger partial charge in [0.2, 0.25) is 0 Å². The molecule has 0 unspecified atom stereocenters. The molecule has 1 aromatic rings. The Morgan fingerprint density at radius 3 is 2.82 bits per heavy atom. The van der Waals surface area contributed by atoms with Crippen molar-refractivity contribution in [1.82, 2.24) is 5.48 Å². The molecular weight excluding hydrogens is 244 g/mol. The van der Waals surface area contributed by atoms with Crippen molar-refractivity contribution < 1.29 is 18.4 Å². The maximum Gasteiger partial charge on any atom is 0.274 e. The van der Waals surface area contributed by atoms with Crippen molar-refractivity contribution in [3.05, 3.63) is 23.8 Å². The number of rotatable bonds is 1. The molecule has 0 fully saturated rings. The normalized spacial score (nSPS) is 17.4. The van der Waals surface area contributed by atoms with Crippen LogP contribution in [0, 0.1) is 0 Å². The zero-order chi connectivity index (χ0) is 12.6. The van der Waals surface area contributed by atoms with E-state index in [-0.39, 0.29) is 16.2 Å². The van der Waals surface area contributed by atoms with Crippen molar-refractivity contribution in [3.63, 3.8) is 0 Å². The molecule has 92 valence electrons. The predicted octanol–water partition coefficient (Wildman–Crippen LogP) is 0.0291. The van der Waals surface area contributed by atoms with E-state index in [2.05, 4.69) is 0 Å². The number of benzene rings is 1. The van der Waals surface area contributed by atoms with Gasteiger partial charge in [-0.3, -0.25) is 10.0 Å². The van der Waals surface area contributed by atoms with Crippen LogP contribution in [0.3, 0.4) is 0 Å². The Morgan fingerprint density at radius 2 is 2.18 bits per heavy atom. The smallest absolute Gasteiger partial charge is 0.274 e. The average Bonchev–Trinajstić information content (AvgIpc) is 2.33. The molecule has 0 spiro atoms. The van der Waals surface area contributed by atoms with Crippen molar-refractivity contribution in [1.29, 1.82) is 0 Å². The summed E-state index contributed by atoms with van der Waals surface area (Å²) in [6, 6.07) is 4.23. The number of nitrogens with zero attached hydrogens (tertiary/aromatic N) is 1. The second kappa shape index (κ2) is 4.01. The minimum Gasteiger partial charge on any atom is -0.372 e. The van der Waals surface area contributed by atoms with Gasteiger partial charge in [-0.05, 0) is 18.2 Å². The average molecular weight is 256 g/mol. The topological polar surface area (TPSA) is 86.7 Å². The summed E-state index contributed by atoms with van der Waals surface area (Å²) in [5, 5.41) is 8.53. The van der Waals surface area contributed by atoms with Gasteiger partial charge >= 0.3 is 0 Å². The van der Waals surface area contributed by atoms with Crippen LogP contribution in [0.2, 0.25) is 0 Å². The number of carbonyl (C=O) groups is 1. The second-order valence-corrected chi connectivity index (χ2v) is 5.94. The van der Waals surface area contributed by atoms with Gasteiger partial charge in [0.25, 0.3) is 5.91 Å². The van der Waals surface area contributed by atoms with Crippen molar-refractivity contribution in [3.8, 4) is 0 Å². The molecule has 2 rings (SSSR count). The third-order valence-corrected chi connectivity index (χ3v) is 4.50. The van der Waals surface area contributed by atoms with E-state index in [1.54, 1.807) is 11.9 Å². The molecule has 1 aliphatic heterocycles. The van der Waals surface area contributed by atoms with E-state index in [9.17, 15) is 13.2 Å². The first-order valence-electron chi connectivity index (χ1n) is 4.98. The minimum absolute atomic E-state index is 0.0715. The van der Waals surface area contributed by atoms with Gasteiger partial charge < -0.3 is 4.90 Å². The Bertz CT molecular complexity index is 568. The number of carbonyl (C=O) groups excluding carboxylic acids is 1. The molecule has 0 aliphatic carbocycles. The fourth-order valence-electron chi connectivity index (χ4n) is 1.77. The largest absolute Gasteiger partial charge is 0.372 e. The summed E-state index contributed by atoms with van der Waals surface area (Å²) in [7, 11) is -1.50. The van der Waals surface area contributed by atoms with Crippen molar-refractivity contribution in [2.75, 3.05) is 24.2 Å². The van der Waals surface area contributed by atoms with Gasteiger partial charge in [-0.15, -0.1) is 0 Å². The zero-order valence-electron chi connectivity index (χ0n) is 9.17. The molecule has 6 nitrogen and oxygen atoms in total. The zero-order valence-corrected chi connectivity index (χ0v) is 9.99. The van der Waals surface area contributed by atoms with Crippen molar-refractivity contribution in [2.45, 2.75) is 4.90 Å². The highest BCUT2D eigenvalue weighted by molar-refractivity contribution is 7.91. The van der Waals surface area contributed by atoms with Crippen molar-refractivity contribution in [2.24, 2.45) is 0 Å². The second-order valence-electron chi connectivity index (χ2n) is 3.86. The number of hydrogen-bond acceptors (Lipinski definition) is 5. The summed E-state index contributed by atoms with van der Waals surface area (Å²) < 4.78 is 23.6. The molecule has 7 heteroatoms. The number of nitrogens with one attached hydrogen (secondary N) is 1. The molecular formula is C10H12N2O4S. The molecule has 0 aromatic heterocycles. The van der Waals surface area contributed by atoms with E-state index >= 15 is 0 Å². The van der Waals surface area contributed by atoms with Crippen LogP contribution in [0.25, 0.3) is 0 Å². The summed E-state index contributed by atoms with van der Waals surface area (Å²) in [6.07, 6.45) is 0. The van der Waals surface area contributed by atoms with Gasteiger partial charge in [0, 0.05) is 19.2 Å². The highest BCUT2D eigenvalue weighted by atomic mass is 32.2. The first-order chi connectivity index (χ1) is 7.95. The van der Waals surface area contributed by atoms with Crippen LogP contribution in [-0.4, -0.2) is 38.9 Å². The van der Waals surface area contributed by atoms with Gasteiger partial charge in [-0.2, -0.15) is 0 Å². The molecule has 1 aromatic carbocycles. The number of amides is 1. The van der Waals surface area contributed by atoms with E-state index in [1.165, 1.54) is 23.7 Å². The lowest BCUT2D eigenvalue weighted by atomic mass is 10.2. The number of sulfone groups is 1. The van der Waals surface area contributed by atoms with Crippen LogP contribution in [0.4, 0.5) is 5.69 Å². The fraction of sp³-hybridized carbons (Fsp3) is 0.300. The van der Waals surface area contributed by atoms with Crippen molar-refractivity contribution >= 4 is 21.4 Å². The highest BCUT2D eigenvalue weighted by Gasteiger charge is 2.27. The molecule has 2 N–H and O–H groups in total. The Balaban J connectivity index is 2.58. The molecule has 0 bridgehead atoms. The standard InChI is InChI=1S/C10H12N2O4S/c1-12-4-5-17(15,16)9-3-2-7(6-8(9)12)10(13)11-14/h2-3,6,14H,4-5H2,1H3,(H,11,13). The number of hydroxylamine groups is 1. The summed E-state index contributed by atoms with van der Waals surface area (Å²) >= 11 is 0. The molecule has 1 aliphatic rings. The Hall–Kier alpha value is -1.60. The Kier molecular flexibility index (Phi) is 2.80. The summed E-state index contributed by atoms with van der Waals surface area (Å²) in [6.45, 7) is 0.388. The van der Waals surface area contributed by atoms with Crippen LogP contribution >= 0.6 is 0 Å². The van der Waals surface area contributed by atoms with Crippen LogP contribution in [0.1, 0.15) is 10.4 Å². The lowest BCUT2D eigenvalue weighted by Gasteiger charge is -2.27. The highest BCUT2D eigenvalue weighted by Crippen LogP contribution is 2.30. The van der Waals surface area contributed by atoms with Gasteiger partial charge in [0.05, 0.1) is 16.3 Å². The molecule has 1 heterocycles. The summed E-state index contributed by atoms with van der Waals surface area (Å²) in [5.41, 5.74) is 2.22. The maximum absolute atomic E-state index is 11.8. The fourth-order valence-corrected chi connectivity index (χ4v) is 3.31. The lowest BCUT2D eigenvalue weighted by molar-refractivity contribution is 0.0706. The van der Waals surface area contributed by atoms with Crippen LogP contribution in [0.5, 0.6) is 0 Å².